The molecule has 0 aliphatic rings. The van der Waals surface area contributed by atoms with Gasteiger partial charge in [0.15, 0.2) is 5.96 Å². The largest absolute Gasteiger partial charge is 0.489 e. The number of para-hydroxylation sites is 1. The minimum absolute atomic E-state index is 0.0547. The lowest BCUT2D eigenvalue weighted by atomic mass is 10.3. The van der Waals surface area contributed by atoms with Crippen LogP contribution in [0.3, 0.4) is 0 Å². The van der Waals surface area contributed by atoms with Crippen LogP contribution < -0.4 is 15.4 Å². The minimum Gasteiger partial charge on any atom is -0.489 e. The van der Waals surface area contributed by atoms with Crippen molar-refractivity contribution in [3.05, 3.63) is 30.3 Å². The molecule has 1 unspecified atom stereocenters. The molecule has 0 amide bonds. The number of hydrogen-bond acceptors (Lipinski definition) is 2. The molecule has 4 heteroatoms. The van der Waals surface area contributed by atoms with Gasteiger partial charge in [-0.3, -0.25) is 0 Å². The number of nitrogens with one attached hydrogen (secondary N) is 2. The summed E-state index contributed by atoms with van der Waals surface area (Å²) >= 11 is 0. The maximum Gasteiger partial charge on any atom is 0.191 e. The van der Waals surface area contributed by atoms with E-state index in [4.69, 9.17) is 4.74 Å². The summed E-state index contributed by atoms with van der Waals surface area (Å²) in [5.41, 5.74) is 0. The van der Waals surface area contributed by atoms with E-state index >= 15 is 0 Å². The maximum absolute atomic E-state index is 5.81. The normalized spacial score (nSPS) is 12.8. The number of guanidine groups is 1. The van der Waals surface area contributed by atoms with Gasteiger partial charge in [-0.05, 0) is 32.4 Å². The fourth-order valence-corrected chi connectivity index (χ4v) is 1.71. The first-order valence-electron chi connectivity index (χ1n) is 7.50. The highest BCUT2D eigenvalue weighted by molar-refractivity contribution is 5.79. The molecule has 1 aromatic carbocycles. The van der Waals surface area contributed by atoms with Crippen LogP contribution >= 0.6 is 0 Å². The molecule has 0 aromatic heterocycles. The fraction of sp³-hybridized carbons (Fsp3) is 0.562. The predicted octanol–water partition coefficient (Wildman–Crippen LogP) is 2.81. The average Bonchev–Trinajstić information content (AvgIpc) is 2.46. The van der Waals surface area contributed by atoms with Crippen molar-refractivity contribution in [2.45, 2.75) is 39.7 Å². The average molecular weight is 277 g/mol. The molecule has 0 spiro atoms. The second-order valence-corrected chi connectivity index (χ2v) is 4.74. The molecule has 0 heterocycles. The summed E-state index contributed by atoms with van der Waals surface area (Å²) in [5.74, 6) is 1.75. The number of rotatable bonds is 8. The van der Waals surface area contributed by atoms with Crippen LogP contribution in [0.1, 0.15) is 33.6 Å². The van der Waals surface area contributed by atoms with Crippen LogP contribution in [-0.2, 0) is 0 Å². The van der Waals surface area contributed by atoms with Crippen molar-refractivity contribution in [3.63, 3.8) is 0 Å². The molecule has 1 rings (SSSR count). The lowest BCUT2D eigenvalue weighted by Crippen LogP contribution is -2.38. The van der Waals surface area contributed by atoms with E-state index < -0.39 is 0 Å². The Kier molecular flexibility index (Phi) is 8.27. The Morgan fingerprint density at radius 3 is 2.60 bits per heavy atom. The third kappa shape index (κ3) is 7.02. The second kappa shape index (κ2) is 10.1. The number of aliphatic imine (C=N–C) groups is 1. The van der Waals surface area contributed by atoms with Gasteiger partial charge in [0.05, 0.1) is 6.54 Å². The number of nitrogens with zero attached hydrogens (tertiary/aromatic N) is 1. The molecule has 0 aliphatic carbocycles. The van der Waals surface area contributed by atoms with Crippen LogP contribution in [0.4, 0.5) is 0 Å². The molecule has 2 N–H and O–H groups in total. The zero-order valence-electron chi connectivity index (χ0n) is 12.9. The van der Waals surface area contributed by atoms with Crippen molar-refractivity contribution in [1.82, 2.24) is 10.6 Å². The first kappa shape index (κ1) is 16.3. The maximum atomic E-state index is 5.81. The van der Waals surface area contributed by atoms with Gasteiger partial charge in [0, 0.05) is 13.1 Å². The summed E-state index contributed by atoms with van der Waals surface area (Å²) in [5, 5.41) is 6.57. The molecule has 0 aliphatic heterocycles. The van der Waals surface area contributed by atoms with Crippen molar-refractivity contribution in [2.75, 3.05) is 19.6 Å². The van der Waals surface area contributed by atoms with Gasteiger partial charge in [-0.1, -0.05) is 31.5 Å². The summed E-state index contributed by atoms with van der Waals surface area (Å²) in [6, 6.07) is 9.86. The molecule has 0 bridgehead atoms. The van der Waals surface area contributed by atoms with E-state index in [0.717, 1.165) is 31.2 Å². The monoisotopic (exact) mass is 277 g/mol. The number of hydrogen-bond donors (Lipinski definition) is 2. The van der Waals surface area contributed by atoms with E-state index in [2.05, 4.69) is 29.5 Å². The molecule has 1 atom stereocenters. The minimum atomic E-state index is 0.0547. The van der Waals surface area contributed by atoms with Crippen LogP contribution in [-0.4, -0.2) is 31.7 Å². The molecule has 4 nitrogen and oxygen atoms in total. The summed E-state index contributed by atoms with van der Waals surface area (Å²) in [6.45, 7) is 8.74. The molecule has 0 saturated carbocycles. The van der Waals surface area contributed by atoms with Crippen molar-refractivity contribution in [1.29, 1.82) is 0 Å². The highest BCUT2D eigenvalue weighted by Crippen LogP contribution is 2.10. The van der Waals surface area contributed by atoms with Gasteiger partial charge in [-0.2, -0.15) is 0 Å². The van der Waals surface area contributed by atoms with Crippen LogP contribution in [0.25, 0.3) is 0 Å². The van der Waals surface area contributed by atoms with E-state index in [0.29, 0.717) is 6.54 Å². The Balaban J connectivity index is 2.40. The summed E-state index contributed by atoms with van der Waals surface area (Å²) in [6.07, 6.45) is 2.39. The van der Waals surface area contributed by atoms with Crippen molar-refractivity contribution in [3.8, 4) is 5.75 Å². The topological polar surface area (TPSA) is 45.7 Å². The van der Waals surface area contributed by atoms with Crippen LogP contribution in [0.2, 0.25) is 0 Å². The second-order valence-electron chi connectivity index (χ2n) is 4.74. The Bertz CT molecular complexity index is 379. The Morgan fingerprint density at radius 1 is 1.20 bits per heavy atom. The van der Waals surface area contributed by atoms with E-state index in [1.807, 2.05) is 37.3 Å². The Morgan fingerprint density at radius 2 is 1.95 bits per heavy atom. The summed E-state index contributed by atoms with van der Waals surface area (Å²) in [4.78, 5) is 4.55. The van der Waals surface area contributed by atoms with Gasteiger partial charge in [0.25, 0.3) is 0 Å². The van der Waals surface area contributed by atoms with Crippen molar-refractivity contribution in [2.24, 2.45) is 4.99 Å². The third-order valence-corrected chi connectivity index (χ3v) is 2.75. The van der Waals surface area contributed by atoms with E-state index in [-0.39, 0.29) is 6.10 Å². The van der Waals surface area contributed by atoms with Crippen molar-refractivity contribution < 1.29 is 4.74 Å². The van der Waals surface area contributed by atoms with Gasteiger partial charge in [-0.25, -0.2) is 4.99 Å². The molecule has 1 aromatic rings. The van der Waals surface area contributed by atoms with Crippen LogP contribution in [0.5, 0.6) is 5.75 Å². The van der Waals surface area contributed by atoms with Crippen LogP contribution in [0, 0.1) is 0 Å². The molecule has 112 valence electrons. The quantitative estimate of drug-likeness (QED) is 0.436. The van der Waals surface area contributed by atoms with E-state index in [1.54, 1.807) is 0 Å². The smallest absolute Gasteiger partial charge is 0.191 e. The lowest BCUT2D eigenvalue weighted by Gasteiger charge is -2.15. The van der Waals surface area contributed by atoms with Gasteiger partial charge >= 0.3 is 0 Å². The lowest BCUT2D eigenvalue weighted by molar-refractivity contribution is 0.230. The van der Waals surface area contributed by atoms with Crippen LogP contribution in [0.15, 0.2) is 35.3 Å². The highest BCUT2D eigenvalue weighted by Gasteiger charge is 2.04. The Labute approximate surface area is 122 Å². The molecular weight excluding hydrogens is 250 g/mol. The zero-order chi connectivity index (χ0) is 14.6. The van der Waals surface area contributed by atoms with Gasteiger partial charge in [0.1, 0.15) is 11.9 Å². The zero-order valence-corrected chi connectivity index (χ0v) is 12.9. The highest BCUT2D eigenvalue weighted by atomic mass is 16.5. The molecule has 20 heavy (non-hydrogen) atoms. The fourth-order valence-electron chi connectivity index (χ4n) is 1.71. The molecule has 0 fully saturated rings. The first-order valence-corrected chi connectivity index (χ1v) is 7.50. The van der Waals surface area contributed by atoms with Gasteiger partial charge in [-0.15, -0.1) is 0 Å². The summed E-state index contributed by atoms with van der Waals surface area (Å²) < 4.78 is 5.81. The number of ether oxygens (including phenoxy) is 1. The molecular formula is C16H27N3O. The number of benzene rings is 1. The summed E-state index contributed by atoms with van der Waals surface area (Å²) in [7, 11) is 0. The predicted molar refractivity (Wildman–Crippen MR) is 85.4 cm³/mol. The number of unbranched alkanes of at least 4 members (excludes halogenated alkanes) is 1. The van der Waals surface area contributed by atoms with Crippen molar-refractivity contribution >= 4 is 5.96 Å². The first-order chi connectivity index (χ1) is 9.76. The third-order valence-electron chi connectivity index (χ3n) is 2.75. The Hall–Kier alpha value is -1.71. The standard InChI is InChI=1S/C16H27N3O/c1-4-6-12-18-16(17-5-2)19-13-14(3)20-15-10-8-7-9-11-15/h7-11,14H,4-6,12-13H2,1-3H3,(H2,17,18,19). The SMILES string of the molecule is CCCCNC(=NCC(C)Oc1ccccc1)NCC. The van der Waals surface area contributed by atoms with Gasteiger partial charge in [0.2, 0.25) is 0 Å². The van der Waals surface area contributed by atoms with E-state index in [1.165, 1.54) is 6.42 Å². The molecule has 0 saturated heterocycles. The molecule has 0 radical (unpaired) electrons. The van der Waals surface area contributed by atoms with Gasteiger partial charge < -0.3 is 15.4 Å². The van der Waals surface area contributed by atoms with E-state index in [9.17, 15) is 0 Å².